The van der Waals surface area contributed by atoms with E-state index < -0.39 is 0 Å². The number of aromatic nitrogens is 2. The van der Waals surface area contributed by atoms with Crippen LogP contribution in [0.15, 0.2) is 6.33 Å². The number of hydrogen-bond donors (Lipinski definition) is 1. The van der Waals surface area contributed by atoms with E-state index >= 15 is 0 Å². The van der Waals surface area contributed by atoms with Gasteiger partial charge in [-0.1, -0.05) is 0 Å². The van der Waals surface area contributed by atoms with Crippen LogP contribution in [0.3, 0.4) is 0 Å². The van der Waals surface area contributed by atoms with Gasteiger partial charge in [0.1, 0.15) is 6.33 Å². The minimum Gasteiger partial charge on any atom is -0.360 e. The molecule has 0 spiro atoms. The third kappa shape index (κ3) is 3.01. The molecule has 1 aromatic heterocycles. The van der Waals surface area contributed by atoms with Crippen LogP contribution in [0.2, 0.25) is 0 Å². The highest BCUT2D eigenvalue weighted by atomic mass is 32.1. The lowest BCUT2D eigenvalue weighted by molar-refractivity contribution is 0.905. The van der Waals surface area contributed by atoms with Crippen LogP contribution in [0, 0.1) is 12.3 Å². The first kappa shape index (κ1) is 8.02. The zero-order valence-corrected chi connectivity index (χ0v) is 6.90. The second-order valence-corrected chi connectivity index (χ2v) is 2.76. The molecule has 1 aromatic rings. The summed E-state index contributed by atoms with van der Waals surface area (Å²) in [4.78, 5) is 3.96. The van der Waals surface area contributed by atoms with Gasteiger partial charge in [-0.05, 0) is 6.42 Å². The van der Waals surface area contributed by atoms with Gasteiger partial charge in [-0.2, -0.15) is 4.37 Å². The van der Waals surface area contributed by atoms with Crippen molar-refractivity contribution in [3.63, 3.8) is 0 Å². The number of rotatable bonds is 4. The zero-order chi connectivity index (χ0) is 7.94. The van der Waals surface area contributed by atoms with Crippen LogP contribution in [-0.4, -0.2) is 15.9 Å². The lowest BCUT2D eigenvalue weighted by atomic mass is 10.3. The molecule has 0 aliphatic carbocycles. The predicted octanol–water partition coefficient (Wildman–Crippen LogP) is 1.36. The van der Waals surface area contributed by atoms with Crippen LogP contribution < -0.4 is 5.32 Å². The summed E-state index contributed by atoms with van der Waals surface area (Å²) >= 11 is 1.36. The van der Waals surface area contributed by atoms with Crippen LogP contribution in [0.5, 0.6) is 0 Å². The molecule has 1 N–H and O–H groups in total. The Morgan fingerprint density at radius 3 is 3.27 bits per heavy atom. The third-order valence-electron chi connectivity index (χ3n) is 1.14. The van der Waals surface area contributed by atoms with Crippen molar-refractivity contribution in [2.75, 3.05) is 11.9 Å². The van der Waals surface area contributed by atoms with E-state index in [0.717, 1.165) is 24.5 Å². The summed E-state index contributed by atoms with van der Waals surface area (Å²) in [6, 6.07) is 0. The molecule has 11 heavy (non-hydrogen) atoms. The van der Waals surface area contributed by atoms with E-state index in [2.05, 4.69) is 20.6 Å². The molecule has 0 atom stereocenters. The van der Waals surface area contributed by atoms with Crippen LogP contribution >= 0.6 is 11.5 Å². The number of terminal acetylenes is 1. The van der Waals surface area contributed by atoms with E-state index in [1.54, 1.807) is 0 Å². The van der Waals surface area contributed by atoms with E-state index in [1.165, 1.54) is 17.9 Å². The first-order chi connectivity index (χ1) is 5.43. The van der Waals surface area contributed by atoms with Gasteiger partial charge in [-0.15, -0.1) is 12.3 Å². The highest BCUT2D eigenvalue weighted by Gasteiger charge is 1.91. The number of unbranched alkanes of at least 4 members (excludes halogenated alkanes) is 1. The molecule has 0 amide bonds. The highest BCUT2D eigenvalue weighted by molar-refractivity contribution is 7.09. The second kappa shape index (κ2) is 4.69. The quantitative estimate of drug-likeness (QED) is 0.543. The fourth-order valence-electron chi connectivity index (χ4n) is 0.637. The smallest absolute Gasteiger partial charge is 0.202 e. The molecule has 0 bridgehead atoms. The van der Waals surface area contributed by atoms with Crippen molar-refractivity contribution in [3.05, 3.63) is 6.33 Å². The van der Waals surface area contributed by atoms with Gasteiger partial charge in [0.2, 0.25) is 5.13 Å². The van der Waals surface area contributed by atoms with Crippen molar-refractivity contribution in [1.82, 2.24) is 9.36 Å². The van der Waals surface area contributed by atoms with Crippen LogP contribution in [0.1, 0.15) is 12.8 Å². The number of nitrogens with one attached hydrogen (secondary N) is 1. The molecule has 0 saturated heterocycles. The van der Waals surface area contributed by atoms with Crippen molar-refractivity contribution in [1.29, 1.82) is 0 Å². The maximum Gasteiger partial charge on any atom is 0.202 e. The molecule has 0 aliphatic rings. The summed E-state index contributed by atoms with van der Waals surface area (Å²) < 4.78 is 3.85. The van der Waals surface area contributed by atoms with Crippen molar-refractivity contribution in [2.45, 2.75) is 12.8 Å². The second-order valence-electron chi connectivity index (χ2n) is 1.98. The van der Waals surface area contributed by atoms with Gasteiger partial charge in [0, 0.05) is 24.5 Å². The lowest BCUT2D eigenvalue weighted by Crippen LogP contribution is -1.99. The minimum absolute atomic E-state index is 0.811. The Morgan fingerprint density at radius 2 is 2.64 bits per heavy atom. The van der Waals surface area contributed by atoms with Crippen molar-refractivity contribution >= 4 is 16.7 Å². The standard InChI is InChI=1S/C7H9N3S/c1-2-3-4-5-8-7-9-6-10-11-7/h1,6H,3-5H2,(H,8,9,10). The van der Waals surface area contributed by atoms with Gasteiger partial charge >= 0.3 is 0 Å². The van der Waals surface area contributed by atoms with E-state index in [0.29, 0.717) is 0 Å². The largest absolute Gasteiger partial charge is 0.360 e. The average Bonchev–Trinajstić information content (AvgIpc) is 2.50. The van der Waals surface area contributed by atoms with Crippen molar-refractivity contribution in [2.24, 2.45) is 0 Å². The maximum absolute atomic E-state index is 5.08. The lowest BCUT2D eigenvalue weighted by Gasteiger charge is -1.96. The minimum atomic E-state index is 0.811. The summed E-state index contributed by atoms with van der Waals surface area (Å²) in [7, 11) is 0. The topological polar surface area (TPSA) is 37.8 Å². The SMILES string of the molecule is C#CCCCNc1ncns1. The van der Waals surface area contributed by atoms with Gasteiger partial charge in [0.15, 0.2) is 0 Å². The maximum atomic E-state index is 5.08. The van der Waals surface area contributed by atoms with Crippen LogP contribution in [-0.2, 0) is 0 Å². The molecule has 1 heterocycles. The molecular formula is C7H9N3S. The van der Waals surface area contributed by atoms with Gasteiger partial charge in [0.25, 0.3) is 0 Å². The normalized spacial score (nSPS) is 9.00. The highest BCUT2D eigenvalue weighted by Crippen LogP contribution is 2.05. The molecule has 1 rings (SSSR count). The zero-order valence-electron chi connectivity index (χ0n) is 6.08. The number of nitrogens with zero attached hydrogens (tertiary/aromatic N) is 2. The van der Waals surface area contributed by atoms with Gasteiger partial charge in [-0.3, -0.25) is 0 Å². The summed E-state index contributed by atoms with van der Waals surface area (Å²) in [6.45, 7) is 0.874. The Bertz CT molecular complexity index is 224. The first-order valence-corrected chi connectivity index (χ1v) is 4.15. The van der Waals surface area contributed by atoms with E-state index in [4.69, 9.17) is 6.42 Å². The molecular weight excluding hydrogens is 158 g/mol. The monoisotopic (exact) mass is 167 g/mol. The number of anilines is 1. The third-order valence-corrected chi connectivity index (χ3v) is 1.76. The predicted molar refractivity (Wildman–Crippen MR) is 46.5 cm³/mol. The summed E-state index contributed by atoms with van der Waals surface area (Å²) in [5.41, 5.74) is 0. The Balaban J connectivity index is 2.10. The molecule has 0 fully saturated rings. The molecule has 0 unspecified atom stereocenters. The average molecular weight is 167 g/mol. The van der Waals surface area contributed by atoms with Gasteiger partial charge in [0.05, 0.1) is 0 Å². The Kier molecular flexibility index (Phi) is 3.42. The first-order valence-electron chi connectivity index (χ1n) is 3.37. The summed E-state index contributed by atoms with van der Waals surface area (Å²) in [5, 5.41) is 3.97. The van der Waals surface area contributed by atoms with E-state index in [1.807, 2.05) is 0 Å². The van der Waals surface area contributed by atoms with Gasteiger partial charge < -0.3 is 5.32 Å². The van der Waals surface area contributed by atoms with Crippen molar-refractivity contribution in [3.8, 4) is 12.3 Å². The molecule has 0 aliphatic heterocycles. The molecule has 0 radical (unpaired) electrons. The Morgan fingerprint density at radius 1 is 1.73 bits per heavy atom. The Hall–Kier alpha value is -1.08. The molecule has 3 nitrogen and oxygen atoms in total. The summed E-state index contributed by atoms with van der Waals surface area (Å²) in [5.74, 6) is 2.58. The van der Waals surface area contributed by atoms with Crippen molar-refractivity contribution < 1.29 is 0 Å². The van der Waals surface area contributed by atoms with Gasteiger partial charge in [-0.25, -0.2) is 4.98 Å². The fourth-order valence-corrected chi connectivity index (χ4v) is 1.09. The fraction of sp³-hybridized carbons (Fsp3) is 0.429. The molecule has 0 aromatic carbocycles. The molecule has 4 heteroatoms. The summed E-state index contributed by atoms with van der Waals surface area (Å²) in [6.07, 6.45) is 8.41. The van der Waals surface area contributed by atoms with E-state index in [9.17, 15) is 0 Å². The molecule has 58 valence electrons. The number of hydrogen-bond acceptors (Lipinski definition) is 4. The molecule has 0 saturated carbocycles. The Labute approximate surface area is 70.0 Å². The van der Waals surface area contributed by atoms with Crippen LogP contribution in [0.25, 0.3) is 0 Å². The van der Waals surface area contributed by atoms with Crippen LogP contribution in [0.4, 0.5) is 5.13 Å². The van der Waals surface area contributed by atoms with E-state index in [-0.39, 0.29) is 0 Å².